The molecule has 1 atom stereocenters. The summed E-state index contributed by atoms with van der Waals surface area (Å²) in [6.45, 7) is 3.94. The van der Waals surface area contributed by atoms with E-state index in [4.69, 9.17) is 9.90 Å². The van der Waals surface area contributed by atoms with Crippen molar-refractivity contribution in [3.05, 3.63) is 48.0 Å². The largest absolute Gasteiger partial charge is 0.490 e. The van der Waals surface area contributed by atoms with Gasteiger partial charge in [-0.2, -0.15) is 13.2 Å². The highest BCUT2D eigenvalue weighted by Crippen LogP contribution is 2.22. The number of aliphatic carboxylic acids is 1. The lowest BCUT2D eigenvalue weighted by molar-refractivity contribution is -0.192. The third-order valence-electron chi connectivity index (χ3n) is 4.64. The van der Waals surface area contributed by atoms with Gasteiger partial charge in [0.2, 0.25) is 0 Å². The van der Waals surface area contributed by atoms with E-state index in [1.54, 1.807) is 36.0 Å². The topological polar surface area (TPSA) is 124 Å². The summed E-state index contributed by atoms with van der Waals surface area (Å²) in [4.78, 5) is 33.6. The van der Waals surface area contributed by atoms with Crippen LogP contribution in [0.25, 0.3) is 5.69 Å². The van der Waals surface area contributed by atoms with Crippen LogP contribution in [0.1, 0.15) is 30.1 Å². The number of nitrogens with zero attached hydrogens (tertiary/aromatic N) is 1. The zero-order valence-electron chi connectivity index (χ0n) is 18.2. The molecule has 0 spiro atoms. The van der Waals surface area contributed by atoms with Crippen LogP contribution in [0.2, 0.25) is 0 Å². The minimum atomic E-state index is -5.08. The van der Waals surface area contributed by atoms with Crippen LogP contribution >= 0.6 is 0 Å². The Bertz CT molecular complexity index is 1000. The molecular weight excluding hydrogens is 462 g/mol. The Balaban J connectivity index is 0.000000509. The second-order valence-corrected chi connectivity index (χ2v) is 7.28. The molecular formula is C21H25F4N5O4. The number of rotatable bonds is 5. The van der Waals surface area contributed by atoms with Crippen molar-refractivity contribution in [3.63, 3.8) is 0 Å². The first-order chi connectivity index (χ1) is 16.0. The maximum Gasteiger partial charge on any atom is 0.490 e. The first kappa shape index (κ1) is 26.6. The number of carbonyl (C=O) groups is 3. The molecule has 0 aliphatic carbocycles. The number of carboxylic acid groups (broad SMARTS) is 1. The van der Waals surface area contributed by atoms with E-state index in [1.165, 1.54) is 12.1 Å². The number of hydrogen-bond donors (Lipinski definition) is 5. The number of aromatic nitrogens is 1. The number of hydrogen-bond acceptors (Lipinski definition) is 4. The van der Waals surface area contributed by atoms with Gasteiger partial charge in [-0.3, -0.25) is 4.79 Å². The van der Waals surface area contributed by atoms with Crippen molar-refractivity contribution in [1.29, 1.82) is 0 Å². The highest BCUT2D eigenvalue weighted by atomic mass is 19.4. The number of benzene rings is 1. The van der Waals surface area contributed by atoms with E-state index in [-0.39, 0.29) is 17.8 Å². The van der Waals surface area contributed by atoms with Crippen LogP contribution in [-0.2, 0) is 4.79 Å². The average Bonchev–Trinajstić information content (AvgIpc) is 3.18. The Morgan fingerprint density at radius 2 is 1.94 bits per heavy atom. The van der Waals surface area contributed by atoms with E-state index in [0.29, 0.717) is 23.5 Å². The molecule has 1 aliphatic heterocycles. The van der Waals surface area contributed by atoms with Gasteiger partial charge >= 0.3 is 18.2 Å². The van der Waals surface area contributed by atoms with Crippen LogP contribution in [0.4, 0.5) is 28.0 Å². The predicted molar refractivity (Wildman–Crippen MR) is 115 cm³/mol. The summed E-state index contributed by atoms with van der Waals surface area (Å²) in [5.74, 6) is -3.41. The van der Waals surface area contributed by atoms with Crippen LogP contribution in [0, 0.1) is 5.82 Å². The minimum Gasteiger partial charge on any atom is -0.475 e. The lowest BCUT2D eigenvalue weighted by Crippen LogP contribution is -2.45. The Hall–Kier alpha value is -3.61. The van der Waals surface area contributed by atoms with Crippen molar-refractivity contribution in [2.24, 2.45) is 0 Å². The minimum absolute atomic E-state index is 0.0427. The highest BCUT2D eigenvalue weighted by molar-refractivity contribution is 6.03. The van der Waals surface area contributed by atoms with E-state index in [2.05, 4.69) is 21.3 Å². The quantitative estimate of drug-likeness (QED) is 0.415. The van der Waals surface area contributed by atoms with E-state index >= 15 is 0 Å². The molecule has 3 amide bonds. The molecule has 1 aromatic heterocycles. The zero-order chi connectivity index (χ0) is 25.3. The molecule has 2 heterocycles. The Kier molecular flexibility index (Phi) is 9.42. The van der Waals surface area contributed by atoms with E-state index < -0.39 is 18.2 Å². The smallest absolute Gasteiger partial charge is 0.475 e. The molecule has 0 bridgehead atoms. The molecule has 3 rings (SSSR count). The number of carboxylic acids is 1. The SMILES string of the molecule is CCNC(=O)Nc1cn(-c2cccc(F)c2)cc1C(=O)N[C@H]1CCCNC1.O=C(O)C(F)(F)F. The van der Waals surface area contributed by atoms with Gasteiger partial charge in [-0.05, 0) is 44.5 Å². The number of carbonyl (C=O) groups excluding carboxylic acids is 2. The summed E-state index contributed by atoms with van der Waals surface area (Å²) in [6, 6.07) is 5.68. The molecule has 186 valence electrons. The highest BCUT2D eigenvalue weighted by Gasteiger charge is 2.38. The Morgan fingerprint density at radius 1 is 1.24 bits per heavy atom. The van der Waals surface area contributed by atoms with Gasteiger partial charge in [0.1, 0.15) is 5.82 Å². The van der Waals surface area contributed by atoms with Crippen molar-refractivity contribution >= 4 is 23.6 Å². The molecule has 9 nitrogen and oxygen atoms in total. The van der Waals surface area contributed by atoms with Crippen molar-refractivity contribution < 1.29 is 37.1 Å². The van der Waals surface area contributed by atoms with Crippen LogP contribution in [0.5, 0.6) is 0 Å². The summed E-state index contributed by atoms with van der Waals surface area (Å²) in [7, 11) is 0. The fraction of sp³-hybridized carbons (Fsp3) is 0.381. The van der Waals surface area contributed by atoms with Gasteiger partial charge in [0.15, 0.2) is 0 Å². The zero-order valence-corrected chi connectivity index (χ0v) is 18.2. The number of nitrogens with one attached hydrogen (secondary N) is 4. The van der Waals surface area contributed by atoms with Gasteiger partial charge in [0.05, 0.1) is 11.3 Å². The molecule has 5 N–H and O–H groups in total. The molecule has 13 heteroatoms. The molecule has 1 aliphatic rings. The van der Waals surface area contributed by atoms with Crippen molar-refractivity contribution in [3.8, 4) is 5.69 Å². The number of amides is 3. The molecule has 1 aromatic carbocycles. The number of urea groups is 1. The van der Waals surface area contributed by atoms with Crippen LogP contribution in [0.15, 0.2) is 36.7 Å². The fourth-order valence-corrected chi connectivity index (χ4v) is 3.09. The molecule has 2 aromatic rings. The van der Waals surface area contributed by atoms with E-state index in [9.17, 15) is 27.2 Å². The summed E-state index contributed by atoms with van der Waals surface area (Å²) >= 11 is 0. The second kappa shape index (κ2) is 12.0. The molecule has 0 unspecified atom stereocenters. The van der Waals surface area contributed by atoms with Crippen LogP contribution in [-0.4, -0.2) is 59.4 Å². The first-order valence-electron chi connectivity index (χ1n) is 10.4. The van der Waals surface area contributed by atoms with Gasteiger partial charge in [-0.25, -0.2) is 14.0 Å². The third-order valence-corrected chi connectivity index (χ3v) is 4.64. The third kappa shape index (κ3) is 8.06. The maximum absolute atomic E-state index is 13.6. The van der Waals surface area contributed by atoms with Crippen molar-refractivity contribution in [2.75, 3.05) is 25.0 Å². The van der Waals surface area contributed by atoms with Crippen LogP contribution < -0.4 is 21.3 Å². The summed E-state index contributed by atoms with van der Waals surface area (Å²) in [5.41, 5.74) is 1.26. The lowest BCUT2D eigenvalue weighted by Gasteiger charge is -2.23. The number of piperidine rings is 1. The van der Waals surface area contributed by atoms with Gasteiger partial charge in [-0.15, -0.1) is 0 Å². The summed E-state index contributed by atoms with van der Waals surface area (Å²) in [5, 5.41) is 18.7. The second-order valence-electron chi connectivity index (χ2n) is 7.28. The molecule has 0 saturated carbocycles. The van der Waals surface area contributed by atoms with Crippen molar-refractivity contribution in [2.45, 2.75) is 32.0 Å². The standard InChI is InChI=1S/C19H24FN5O2.C2HF3O2/c1-2-22-19(27)24-17-12-25(15-7-3-5-13(20)9-15)11-16(17)18(26)23-14-6-4-8-21-10-14;3-2(4,5)1(6)7/h3,5,7,9,11-12,14,21H,2,4,6,8,10H2,1H3,(H,23,26)(H2,22,24,27);(H,6,7)/t14-;/m0./s1. The van der Waals surface area contributed by atoms with Gasteiger partial charge in [0.25, 0.3) is 5.91 Å². The Labute approximate surface area is 192 Å². The predicted octanol–water partition coefficient (Wildman–Crippen LogP) is 2.87. The number of alkyl halides is 3. The van der Waals surface area contributed by atoms with Gasteiger partial charge < -0.3 is 30.9 Å². The first-order valence-corrected chi connectivity index (χ1v) is 10.4. The van der Waals surface area contributed by atoms with Crippen molar-refractivity contribution in [1.82, 2.24) is 20.5 Å². The summed E-state index contributed by atoms with van der Waals surface area (Å²) in [6.07, 6.45) is 0.0294. The van der Waals surface area contributed by atoms with Gasteiger partial charge in [-0.1, -0.05) is 6.07 Å². The average molecular weight is 487 g/mol. The molecule has 1 fully saturated rings. The molecule has 0 radical (unpaired) electrons. The monoisotopic (exact) mass is 487 g/mol. The lowest BCUT2D eigenvalue weighted by atomic mass is 10.1. The summed E-state index contributed by atoms with van der Waals surface area (Å²) < 4.78 is 46.9. The number of halogens is 4. The Morgan fingerprint density at radius 3 is 2.50 bits per heavy atom. The molecule has 1 saturated heterocycles. The maximum atomic E-state index is 13.6. The van der Waals surface area contributed by atoms with Gasteiger partial charge in [0, 0.05) is 37.2 Å². The van der Waals surface area contributed by atoms with E-state index in [0.717, 1.165) is 25.9 Å². The van der Waals surface area contributed by atoms with Crippen LogP contribution in [0.3, 0.4) is 0 Å². The number of anilines is 1. The fourth-order valence-electron chi connectivity index (χ4n) is 3.09. The molecule has 34 heavy (non-hydrogen) atoms. The normalized spacial score (nSPS) is 15.5. The van der Waals surface area contributed by atoms with E-state index in [1.807, 2.05) is 0 Å².